The third-order valence-electron chi connectivity index (χ3n) is 5.14. The zero-order chi connectivity index (χ0) is 26.5. The first-order chi connectivity index (χ1) is 17.1. The van der Waals surface area contributed by atoms with E-state index in [0.29, 0.717) is 34.7 Å². The predicted octanol–water partition coefficient (Wildman–Crippen LogP) is 4.59. The van der Waals surface area contributed by atoms with E-state index >= 15 is 0 Å². The number of methoxy groups -OCH3 is 2. The molecular formula is C25H32N4O7. The van der Waals surface area contributed by atoms with Crippen LogP contribution in [0, 0.1) is 0 Å². The Labute approximate surface area is 209 Å². The number of hydrogen-bond acceptors (Lipinski definition) is 10. The summed E-state index contributed by atoms with van der Waals surface area (Å²) in [5, 5.41) is 32.5. The molecule has 0 fully saturated rings. The van der Waals surface area contributed by atoms with Gasteiger partial charge in [0, 0.05) is 0 Å². The molecule has 2 aromatic heterocycles. The lowest BCUT2D eigenvalue weighted by Crippen LogP contribution is -2.32. The highest BCUT2D eigenvalue weighted by atomic mass is 16.6. The molecule has 0 aliphatic carbocycles. The fourth-order valence-electron chi connectivity index (χ4n) is 3.58. The number of nitrogens with one attached hydrogen (secondary N) is 1. The van der Waals surface area contributed by atoms with Crippen LogP contribution in [0.4, 0.5) is 4.79 Å². The number of aromatic hydroxyl groups is 2. The lowest BCUT2D eigenvalue weighted by molar-refractivity contribution is 0.0519. The number of ether oxygens (including phenoxy) is 3. The van der Waals surface area contributed by atoms with Crippen LogP contribution in [0.1, 0.15) is 52.1 Å². The molecule has 0 atom stereocenters. The van der Waals surface area contributed by atoms with Crippen LogP contribution >= 0.6 is 0 Å². The number of benzene rings is 1. The minimum absolute atomic E-state index is 0.0427. The number of rotatable bonds is 9. The summed E-state index contributed by atoms with van der Waals surface area (Å²) in [4.78, 5) is 16.3. The lowest BCUT2D eigenvalue weighted by atomic mass is 9.95. The summed E-state index contributed by atoms with van der Waals surface area (Å²) in [6, 6.07) is 5.24. The van der Waals surface area contributed by atoms with Crippen molar-refractivity contribution in [2.45, 2.75) is 59.1 Å². The first kappa shape index (κ1) is 26.6. The average Bonchev–Trinajstić information content (AvgIpc) is 3.28. The van der Waals surface area contributed by atoms with Crippen LogP contribution in [-0.4, -0.2) is 51.3 Å². The van der Waals surface area contributed by atoms with E-state index in [2.05, 4.69) is 20.5 Å². The molecule has 2 heterocycles. The van der Waals surface area contributed by atoms with E-state index in [4.69, 9.17) is 18.6 Å². The van der Waals surface area contributed by atoms with Crippen molar-refractivity contribution in [3.8, 4) is 45.7 Å². The van der Waals surface area contributed by atoms with Gasteiger partial charge in [-0.1, -0.05) is 19.4 Å². The lowest BCUT2D eigenvalue weighted by Gasteiger charge is -2.19. The van der Waals surface area contributed by atoms with E-state index in [1.165, 1.54) is 14.2 Å². The Kier molecular flexibility index (Phi) is 8.23. The smallest absolute Gasteiger partial charge is 0.408 e. The third kappa shape index (κ3) is 5.96. The number of nitrogens with zero attached hydrogens (tertiary/aromatic N) is 3. The van der Waals surface area contributed by atoms with Gasteiger partial charge in [-0.15, -0.1) is 10.2 Å². The molecule has 0 radical (unpaired) electrons. The zero-order valence-electron chi connectivity index (χ0n) is 21.3. The van der Waals surface area contributed by atoms with E-state index in [-0.39, 0.29) is 29.6 Å². The summed E-state index contributed by atoms with van der Waals surface area (Å²) in [6.45, 7) is 7.15. The van der Waals surface area contributed by atoms with Crippen LogP contribution in [0.5, 0.6) is 23.1 Å². The highest BCUT2D eigenvalue weighted by Crippen LogP contribution is 2.49. The largest absolute Gasteiger partial charge is 0.506 e. The van der Waals surface area contributed by atoms with Crippen molar-refractivity contribution in [3.63, 3.8) is 0 Å². The van der Waals surface area contributed by atoms with Crippen LogP contribution in [-0.2, 0) is 17.7 Å². The molecule has 0 aliphatic heterocycles. The molecule has 0 saturated heterocycles. The molecule has 1 amide bonds. The SMILES string of the molecule is CCCCc1nc(O)c(-c2nnc(CNC(=O)OC(C)(C)C)o2)c(O)c1-c1c(OC)cccc1OC. The van der Waals surface area contributed by atoms with Crippen LogP contribution in [0.3, 0.4) is 0 Å². The van der Waals surface area contributed by atoms with Gasteiger partial charge in [0.1, 0.15) is 28.4 Å². The van der Waals surface area contributed by atoms with E-state index in [1.54, 1.807) is 39.0 Å². The molecule has 0 aliphatic rings. The number of aryl methyl sites for hydroxylation is 1. The molecule has 0 spiro atoms. The normalized spacial score (nSPS) is 11.3. The highest BCUT2D eigenvalue weighted by molar-refractivity contribution is 5.88. The van der Waals surface area contributed by atoms with Crippen molar-refractivity contribution in [3.05, 3.63) is 29.8 Å². The molecule has 194 valence electrons. The van der Waals surface area contributed by atoms with Crippen LogP contribution < -0.4 is 14.8 Å². The van der Waals surface area contributed by atoms with Crippen molar-refractivity contribution in [2.24, 2.45) is 0 Å². The molecule has 0 saturated carbocycles. The summed E-state index contributed by atoms with van der Waals surface area (Å²) in [5.41, 5.74) is 0.463. The Bertz CT molecular complexity index is 1200. The number of carbonyl (C=O) groups excluding carboxylic acids is 1. The molecule has 36 heavy (non-hydrogen) atoms. The van der Waals surface area contributed by atoms with Gasteiger partial charge in [-0.2, -0.15) is 0 Å². The Morgan fingerprint density at radius 1 is 1.06 bits per heavy atom. The van der Waals surface area contributed by atoms with E-state index in [1.807, 2.05) is 6.92 Å². The van der Waals surface area contributed by atoms with Crippen LogP contribution in [0.25, 0.3) is 22.6 Å². The predicted molar refractivity (Wildman–Crippen MR) is 131 cm³/mol. The number of aromatic nitrogens is 3. The van der Waals surface area contributed by atoms with Gasteiger partial charge in [0.05, 0.1) is 37.6 Å². The van der Waals surface area contributed by atoms with Gasteiger partial charge >= 0.3 is 6.09 Å². The summed E-state index contributed by atoms with van der Waals surface area (Å²) < 4.78 is 21.9. The number of alkyl carbamates (subject to hydrolysis) is 1. The molecule has 1 aromatic carbocycles. The maximum absolute atomic E-state index is 11.9. The topological polar surface area (TPSA) is 149 Å². The Morgan fingerprint density at radius 3 is 2.31 bits per heavy atom. The van der Waals surface area contributed by atoms with Crippen molar-refractivity contribution in [2.75, 3.05) is 14.2 Å². The molecule has 3 rings (SSSR count). The molecule has 11 heteroatoms. The maximum atomic E-state index is 11.9. The van der Waals surface area contributed by atoms with Gasteiger partial charge in [-0.3, -0.25) is 0 Å². The van der Waals surface area contributed by atoms with E-state index in [0.717, 1.165) is 12.8 Å². The van der Waals surface area contributed by atoms with Crippen molar-refractivity contribution >= 4 is 6.09 Å². The minimum Gasteiger partial charge on any atom is -0.506 e. The maximum Gasteiger partial charge on any atom is 0.408 e. The van der Waals surface area contributed by atoms with Crippen molar-refractivity contribution in [1.29, 1.82) is 0 Å². The Balaban J connectivity index is 2.07. The van der Waals surface area contributed by atoms with Crippen LogP contribution in [0.2, 0.25) is 0 Å². The van der Waals surface area contributed by atoms with E-state index < -0.39 is 17.6 Å². The molecule has 3 aromatic rings. The number of hydrogen-bond donors (Lipinski definition) is 3. The minimum atomic E-state index is -0.664. The molecule has 0 unspecified atom stereocenters. The molecule has 3 N–H and O–H groups in total. The van der Waals surface area contributed by atoms with E-state index in [9.17, 15) is 15.0 Å². The average molecular weight is 501 g/mol. The molecule has 0 bridgehead atoms. The quantitative estimate of drug-likeness (QED) is 0.381. The fourth-order valence-corrected chi connectivity index (χ4v) is 3.58. The Hall–Kier alpha value is -4.02. The monoisotopic (exact) mass is 500 g/mol. The summed E-state index contributed by atoms with van der Waals surface area (Å²) in [5.74, 6) is -0.00255. The van der Waals surface area contributed by atoms with Crippen molar-refractivity contribution < 1.29 is 33.6 Å². The molecular weight excluding hydrogens is 468 g/mol. The highest BCUT2D eigenvalue weighted by Gasteiger charge is 2.29. The number of amides is 1. The van der Waals surface area contributed by atoms with Gasteiger partial charge in [0.15, 0.2) is 0 Å². The van der Waals surface area contributed by atoms with Gasteiger partial charge < -0.3 is 34.2 Å². The van der Waals surface area contributed by atoms with Gasteiger partial charge in [-0.05, 0) is 45.7 Å². The van der Waals surface area contributed by atoms with Gasteiger partial charge in [0.25, 0.3) is 5.89 Å². The van der Waals surface area contributed by atoms with Crippen molar-refractivity contribution in [1.82, 2.24) is 20.5 Å². The standard InChI is InChI=1S/C25H32N4O7/c1-7-8-10-14-18(19-15(33-5)11-9-12-16(19)34-6)21(30)20(22(31)27-14)23-29-28-17(35-23)13-26-24(32)36-25(2,3)4/h9,11-12H,7-8,10,13H2,1-6H3,(H,26,32)(H2,27,30,31). The second kappa shape index (κ2) is 11.1. The number of unbranched alkanes of at least 4 members (excludes halogenated alkanes) is 1. The first-order valence-electron chi connectivity index (χ1n) is 11.5. The number of pyridine rings is 1. The third-order valence-corrected chi connectivity index (χ3v) is 5.14. The Morgan fingerprint density at radius 2 is 1.72 bits per heavy atom. The second-order valence-corrected chi connectivity index (χ2v) is 8.98. The number of carbonyl (C=O) groups is 1. The zero-order valence-corrected chi connectivity index (χ0v) is 21.3. The second-order valence-electron chi connectivity index (χ2n) is 8.98. The summed E-state index contributed by atoms with van der Waals surface area (Å²) in [7, 11) is 3.02. The van der Waals surface area contributed by atoms with Gasteiger partial charge in [0.2, 0.25) is 11.8 Å². The summed E-state index contributed by atoms with van der Waals surface area (Å²) in [6.07, 6.45) is 1.49. The summed E-state index contributed by atoms with van der Waals surface area (Å²) >= 11 is 0. The fraction of sp³-hybridized carbons (Fsp3) is 0.440. The van der Waals surface area contributed by atoms with Gasteiger partial charge in [-0.25, -0.2) is 9.78 Å². The van der Waals surface area contributed by atoms with Crippen LogP contribution in [0.15, 0.2) is 22.6 Å². The molecule has 11 nitrogen and oxygen atoms in total. The first-order valence-corrected chi connectivity index (χ1v) is 11.5.